The zero-order valence-corrected chi connectivity index (χ0v) is 15.7. The van der Waals surface area contributed by atoms with Crippen LogP contribution < -0.4 is 10.6 Å². The third kappa shape index (κ3) is 6.25. The fraction of sp³-hybridized carbons (Fsp3) is 0.611. The molecule has 2 saturated heterocycles. The zero-order chi connectivity index (χ0) is 15.2. The van der Waals surface area contributed by atoms with Gasteiger partial charge in [-0.3, -0.25) is 9.69 Å². The Hall–Kier alpha value is -0.810. The van der Waals surface area contributed by atoms with E-state index in [0.717, 1.165) is 45.7 Å². The number of rotatable bonds is 5. The Labute approximate surface area is 157 Å². The maximum Gasteiger partial charge on any atom is 0.224 e. The zero-order valence-electron chi connectivity index (χ0n) is 14.1. The predicted octanol–water partition coefficient (Wildman–Crippen LogP) is 2.47. The second-order valence-corrected chi connectivity index (χ2v) is 6.64. The molecule has 24 heavy (non-hydrogen) atoms. The van der Waals surface area contributed by atoms with Crippen molar-refractivity contribution >= 4 is 30.7 Å². The van der Waals surface area contributed by atoms with Gasteiger partial charge < -0.3 is 10.6 Å². The minimum Gasteiger partial charge on any atom is -0.356 e. The highest BCUT2D eigenvalue weighted by Crippen LogP contribution is 2.18. The van der Waals surface area contributed by atoms with Crippen LogP contribution in [0.5, 0.6) is 0 Å². The van der Waals surface area contributed by atoms with Gasteiger partial charge in [-0.2, -0.15) is 0 Å². The Morgan fingerprint density at radius 3 is 2.46 bits per heavy atom. The van der Waals surface area contributed by atoms with Crippen molar-refractivity contribution in [3.63, 3.8) is 0 Å². The van der Waals surface area contributed by atoms with Gasteiger partial charge in [0.2, 0.25) is 5.91 Å². The molecular formula is C18H29Cl2N3O. The van der Waals surface area contributed by atoms with Gasteiger partial charge in [0.15, 0.2) is 0 Å². The molecule has 0 spiro atoms. The monoisotopic (exact) mass is 373 g/mol. The third-order valence-electron chi connectivity index (χ3n) is 4.95. The van der Waals surface area contributed by atoms with Gasteiger partial charge in [-0.1, -0.05) is 30.3 Å². The van der Waals surface area contributed by atoms with Crippen molar-refractivity contribution in [2.45, 2.75) is 25.8 Å². The number of hydrogen-bond acceptors (Lipinski definition) is 3. The molecule has 1 unspecified atom stereocenters. The largest absolute Gasteiger partial charge is 0.356 e. The van der Waals surface area contributed by atoms with Crippen LogP contribution in [0.4, 0.5) is 0 Å². The van der Waals surface area contributed by atoms with Crippen LogP contribution in [-0.4, -0.2) is 43.5 Å². The maximum absolute atomic E-state index is 12.0. The first kappa shape index (κ1) is 21.2. The molecule has 0 radical (unpaired) electrons. The number of amides is 1. The van der Waals surface area contributed by atoms with E-state index in [1.165, 1.54) is 18.4 Å². The summed E-state index contributed by atoms with van der Waals surface area (Å²) in [6.45, 7) is 6.01. The summed E-state index contributed by atoms with van der Waals surface area (Å²) in [4.78, 5) is 14.6. The number of hydrogen-bond donors (Lipinski definition) is 2. The molecule has 0 aliphatic carbocycles. The average Bonchev–Trinajstić information content (AvgIpc) is 3.09. The van der Waals surface area contributed by atoms with Crippen molar-refractivity contribution in [1.82, 2.24) is 15.5 Å². The molecule has 3 rings (SSSR count). The smallest absolute Gasteiger partial charge is 0.224 e. The van der Waals surface area contributed by atoms with Crippen molar-refractivity contribution in [2.75, 3.05) is 32.7 Å². The second-order valence-electron chi connectivity index (χ2n) is 6.64. The Kier molecular flexibility index (Phi) is 9.67. The molecule has 0 bridgehead atoms. The molecule has 2 heterocycles. The summed E-state index contributed by atoms with van der Waals surface area (Å²) in [6.07, 6.45) is 3.37. The number of likely N-dealkylation sites (tertiary alicyclic amines) is 1. The van der Waals surface area contributed by atoms with Crippen LogP contribution >= 0.6 is 24.8 Å². The molecule has 1 aromatic rings. The van der Waals surface area contributed by atoms with E-state index in [2.05, 4.69) is 45.9 Å². The number of nitrogens with one attached hydrogen (secondary N) is 2. The highest BCUT2D eigenvalue weighted by atomic mass is 35.5. The molecule has 136 valence electrons. The third-order valence-corrected chi connectivity index (χ3v) is 4.95. The Balaban J connectivity index is 0.00000144. The fourth-order valence-corrected chi connectivity index (χ4v) is 3.46. The van der Waals surface area contributed by atoms with Crippen LogP contribution in [0.25, 0.3) is 0 Å². The normalized spacial score (nSPS) is 21.6. The van der Waals surface area contributed by atoms with Gasteiger partial charge in [-0.25, -0.2) is 0 Å². The highest BCUT2D eigenvalue weighted by Gasteiger charge is 2.24. The lowest BCUT2D eigenvalue weighted by Crippen LogP contribution is -2.40. The summed E-state index contributed by atoms with van der Waals surface area (Å²) in [7, 11) is 0. The number of piperidine rings is 1. The SMILES string of the molecule is Cl.Cl.O=C(NCC1CCN(Cc2ccccc2)CC1)C1CCNC1. The van der Waals surface area contributed by atoms with E-state index in [1.54, 1.807) is 0 Å². The molecule has 1 aromatic carbocycles. The van der Waals surface area contributed by atoms with Gasteiger partial charge >= 0.3 is 0 Å². The van der Waals surface area contributed by atoms with Gasteiger partial charge in [0.25, 0.3) is 0 Å². The topological polar surface area (TPSA) is 44.4 Å². The van der Waals surface area contributed by atoms with Crippen LogP contribution in [-0.2, 0) is 11.3 Å². The molecular weight excluding hydrogens is 345 g/mol. The van der Waals surface area contributed by atoms with E-state index in [9.17, 15) is 4.79 Å². The van der Waals surface area contributed by atoms with Crippen molar-refractivity contribution in [3.05, 3.63) is 35.9 Å². The standard InChI is InChI=1S/C18H27N3O.2ClH/c22-18(17-6-9-19-13-17)20-12-15-7-10-21(11-8-15)14-16-4-2-1-3-5-16;;/h1-5,15,17,19H,6-14H2,(H,20,22);2*1H. The molecule has 2 aliphatic rings. The lowest BCUT2D eigenvalue weighted by Gasteiger charge is -2.32. The van der Waals surface area contributed by atoms with Crippen molar-refractivity contribution < 1.29 is 4.79 Å². The first-order chi connectivity index (χ1) is 10.8. The molecule has 0 aromatic heterocycles. The Morgan fingerprint density at radius 2 is 1.83 bits per heavy atom. The molecule has 4 nitrogen and oxygen atoms in total. The predicted molar refractivity (Wildman–Crippen MR) is 103 cm³/mol. The van der Waals surface area contributed by atoms with E-state index < -0.39 is 0 Å². The van der Waals surface area contributed by atoms with Crippen LogP contribution in [0.1, 0.15) is 24.8 Å². The van der Waals surface area contributed by atoms with Gasteiger partial charge in [0.05, 0.1) is 5.92 Å². The Morgan fingerprint density at radius 1 is 1.12 bits per heavy atom. The summed E-state index contributed by atoms with van der Waals surface area (Å²) in [5.74, 6) is 1.08. The van der Waals surface area contributed by atoms with Crippen LogP contribution in [0, 0.1) is 11.8 Å². The molecule has 1 atom stereocenters. The molecule has 2 N–H and O–H groups in total. The highest BCUT2D eigenvalue weighted by molar-refractivity contribution is 5.85. The van der Waals surface area contributed by atoms with E-state index in [-0.39, 0.29) is 36.6 Å². The van der Waals surface area contributed by atoms with E-state index >= 15 is 0 Å². The molecule has 2 fully saturated rings. The van der Waals surface area contributed by atoms with Crippen LogP contribution in [0.15, 0.2) is 30.3 Å². The second kappa shape index (κ2) is 10.9. The molecule has 0 saturated carbocycles. The van der Waals surface area contributed by atoms with E-state index in [1.807, 2.05) is 0 Å². The lowest BCUT2D eigenvalue weighted by molar-refractivity contribution is -0.124. The number of carbonyl (C=O) groups is 1. The van der Waals surface area contributed by atoms with Gasteiger partial charge in [-0.05, 0) is 50.4 Å². The quantitative estimate of drug-likeness (QED) is 0.832. The van der Waals surface area contributed by atoms with Crippen molar-refractivity contribution in [1.29, 1.82) is 0 Å². The first-order valence-electron chi connectivity index (χ1n) is 8.56. The van der Waals surface area contributed by atoms with E-state index in [4.69, 9.17) is 0 Å². The minimum atomic E-state index is 0. The number of benzene rings is 1. The van der Waals surface area contributed by atoms with Gasteiger partial charge in [0.1, 0.15) is 0 Å². The number of halogens is 2. The van der Waals surface area contributed by atoms with E-state index in [0.29, 0.717) is 5.92 Å². The van der Waals surface area contributed by atoms with Crippen molar-refractivity contribution in [2.24, 2.45) is 11.8 Å². The maximum atomic E-state index is 12.0. The summed E-state index contributed by atoms with van der Waals surface area (Å²) in [6, 6.07) is 10.7. The van der Waals surface area contributed by atoms with Crippen molar-refractivity contribution in [3.8, 4) is 0 Å². The van der Waals surface area contributed by atoms with Crippen LogP contribution in [0.2, 0.25) is 0 Å². The van der Waals surface area contributed by atoms with Gasteiger partial charge in [0, 0.05) is 19.6 Å². The summed E-state index contributed by atoms with van der Waals surface area (Å²) >= 11 is 0. The first-order valence-corrected chi connectivity index (χ1v) is 8.56. The fourth-order valence-electron chi connectivity index (χ4n) is 3.46. The number of nitrogens with zero attached hydrogens (tertiary/aromatic N) is 1. The summed E-state index contributed by atoms with van der Waals surface area (Å²) in [5.41, 5.74) is 1.39. The molecule has 1 amide bonds. The minimum absolute atomic E-state index is 0. The van der Waals surface area contributed by atoms with Gasteiger partial charge in [-0.15, -0.1) is 24.8 Å². The lowest BCUT2D eigenvalue weighted by atomic mass is 9.96. The number of carbonyl (C=O) groups excluding carboxylic acids is 1. The summed E-state index contributed by atoms with van der Waals surface area (Å²) < 4.78 is 0. The Bertz CT molecular complexity index is 472. The molecule has 6 heteroatoms. The average molecular weight is 374 g/mol. The summed E-state index contributed by atoms with van der Waals surface area (Å²) in [5, 5.41) is 6.41. The molecule has 2 aliphatic heterocycles. The van der Waals surface area contributed by atoms with Crippen LogP contribution in [0.3, 0.4) is 0 Å².